The molecule has 0 aliphatic heterocycles. The first-order chi connectivity index (χ1) is 11.6. The fourth-order valence-electron chi connectivity index (χ4n) is 2.37. The van der Waals surface area contributed by atoms with Crippen molar-refractivity contribution in [2.24, 2.45) is 0 Å². The quantitative estimate of drug-likeness (QED) is 0.490. The summed E-state index contributed by atoms with van der Waals surface area (Å²) < 4.78 is 0. The molecule has 8 nitrogen and oxygen atoms in total. The zero-order valence-electron chi connectivity index (χ0n) is 14.2. The number of benzene rings is 1. The van der Waals surface area contributed by atoms with Gasteiger partial charge in [0.25, 0.3) is 5.91 Å². The van der Waals surface area contributed by atoms with E-state index in [0.29, 0.717) is 24.3 Å². The monoisotopic (exact) mass is 367 g/mol. The van der Waals surface area contributed by atoms with E-state index in [4.69, 9.17) is 0 Å². The number of amides is 1. The molecule has 1 aromatic carbocycles. The third-order valence-electron chi connectivity index (χ3n) is 3.47. The first kappa shape index (κ1) is 20.6. The van der Waals surface area contributed by atoms with Crippen LogP contribution in [0, 0.1) is 10.1 Å². The molecule has 0 saturated heterocycles. The van der Waals surface area contributed by atoms with Crippen LogP contribution >= 0.6 is 12.4 Å². The molecule has 136 valence electrons. The van der Waals surface area contributed by atoms with Crippen LogP contribution in [-0.2, 0) is 13.0 Å². The first-order valence-corrected chi connectivity index (χ1v) is 7.89. The fourth-order valence-corrected chi connectivity index (χ4v) is 2.37. The highest BCUT2D eigenvalue weighted by atomic mass is 35.5. The predicted molar refractivity (Wildman–Crippen MR) is 98.3 cm³/mol. The van der Waals surface area contributed by atoms with Gasteiger partial charge in [0.05, 0.1) is 4.92 Å². The van der Waals surface area contributed by atoms with E-state index in [9.17, 15) is 14.9 Å². The lowest BCUT2D eigenvalue weighted by molar-refractivity contribution is -0.385. The maximum Gasteiger partial charge on any atom is 0.322 e. The minimum absolute atomic E-state index is 0. The second-order valence-corrected chi connectivity index (χ2v) is 5.34. The number of rotatable bonds is 8. The van der Waals surface area contributed by atoms with Gasteiger partial charge >= 0.3 is 5.69 Å². The van der Waals surface area contributed by atoms with Crippen LogP contribution in [0.3, 0.4) is 0 Å². The summed E-state index contributed by atoms with van der Waals surface area (Å²) in [5, 5.41) is 23.6. The summed E-state index contributed by atoms with van der Waals surface area (Å²) >= 11 is 0. The summed E-state index contributed by atoms with van der Waals surface area (Å²) in [5.41, 5.74) is 1.51. The molecule has 0 atom stereocenters. The van der Waals surface area contributed by atoms with Gasteiger partial charge in [-0.05, 0) is 30.7 Å². The molecular weight excluding hydrogens is 346 g/mol. The van der Waals surface area contributed by atoms with Crippen LogP contribution < -0.4 is 10.6 Å². The van der Waals surface area contributed by atoms with Crippen LogP contribution in [0.2, 0.25) is 0 Å². The summed E-state index contributed by atoms with van der Waals surface area (Å²) in [6.07, 6.45) is 1.19. The molecule has 0 spiro atoms. The third kappa shape index (κ3) is 5.27. The van der Waals surface area contributed by atoms with Crippen molar-refractivity contribution in [2.75, 3.05) is 11.9 Å². The summed E-state index contributed by atoms with van der Waals surface area (Å²) in [5.74, 6) is -0.596. The minimum Gasteiger partial charge on any atom is -0.320 e. The third-order valence-corrected chi connectivity index (χ3v) is 3.47. The van der Waals surface area contributed by atoms with Crippen molar-refractivity contribution in [1.82, 2.24) is 15.5 Å². The number of H-pyrrole nitrogens is 1. The van der Waals surface area contributed by atoms with Gasteiger partial charge in [-0.15, -0.1) is 12.4 Å². The molecule has 0 unspecified atom stereocenters. The summed E-state index contributed by atoms with van der Waals surface area (Å²) in [4.78, 5) is 23.1. The topological polar surface area (TPSA) is 113 Å². The maximum absolute atomic E-state index is 12.4. The molecule has 25 heavy (non-hydrogen) atoms. The summed E-state index contributed by atoms with van der Waals surface area (Å²) in [7, 11) is 0. The number of hydrogen-bond acceptors (Lipinski definition) is 5. The van der Waals surface area contributed by atoms with Crippen LogP contribution in [-0.4, -0.2) is 27.6 Å². The van der Waals surface area contributed by atoms with Crippen molar-refractivity contribution in [3.05, 3.63) is 51.3 Å². The maximum atomic E-state index is 12.4. The molecule has 2 rings (SSSR count). The number of nitro groups is 1. The lowest BCUT2D eigenvalue weighted by atomic mass is 10.2. The Hall–Kier alpha value is -2.45. The van der Waals surface area contributed by atoms with E-state index in [1.165, 1.54) is 0 Å². The molecule has 0 saturated carbocycles. The predicted octanol–water partition coefficient (Wildman–Crippen LogP) is 3.05. The smallest absolute Gasteiger partial charge is 0.320 e. The second kappa shape index (κ2) is 9.75. The SMILES string of the molecule is CCCc1[nH]nc(C(=O)Nc2cccc(CNCC)c2)c1[N+](=O)[O-].Cl. The van der Waals surface area contributed by atoms with Gasteiger partial charge < -0.3 is 10.6 Å². The zero-order valence-corrected chi connectivity index (χ0v) is 15.0. The highest BCUT2D eigenvalue weighted by molar-refractivity contribution is 6.05. The number of aromatic nitrogens is 2. The molecule has 0 radical (unpaired) electrons. The molecule has 0 aliphatic rings. The number of carbonyl (C=O) groups excluding carboxylic acids is 1. The first-order valence-electron chi connectivity index (χ1n) is 7.89. The Morgan fingerprint density at radius 1 is 1.36 bits per heavy atom. The molecule has 1 aromatic heterocycles. The normalized spacial score (nSPS) is 10.2. The molecule has 9 heteroatoms. The molecule has 2 aromatic rings. The average molecular weight is 368 g/mol. The van der Waals surface area contributed by atoms with Crippen molar-refractivity contribution < 1.29 is 9.72 Å². The van der Waals surface area contributed by atoms with Crippen LogP contribution in [0.15, 0.2) is 24.3 Å². The lowest BCUT2D eigenvalue weighted by Gasteiger charge is -2.06. The number of aromatic amines is 1. The lowest BCUT2D eigenvalue weighted by Crippen LogP contribution is -2.15. The van der Waals surface area contributed by atoms with Crippen LogP contribution in [0.1, 0.15) is 42.0 Å². The van der Waals surface area contributed by atoms with Gasteiger partial charge in [-0.2, -0.15) is 5.10 Å². The van der Waals surface area contributed by atoms with Crippen LogP contribution in [0.5, 0.6) is 0 Å². The van der Waals surface area contributed by atoms with Gasteiger partial charge in [-0.1, -0.05) is 32.4 Å². The Labute approximate surface area is 152 Å². The highest BCUT2D eigenvalue weighted by Crippen LogP contribution is 2.23. The average Bonchev–Trinajstić information content (AvgIpc) is 2.98. The molecular formula is C16H22ClN5O3. The van der Waals surface area contributed by atoms with Crippen molar-refractivity contribution in [1.29, 1.82) is 0 Å². The Morgan fingerprint density at radius 2 is 2.12 bits per heavy atom. The molecule has 0 fully saturated rings. The number of anilines is 1. The van der Waals surface area contributed by atoms with E-state index >= 15 is 0 Å². The van der Waals surface area contributed by atoms with E-state index in [0.717, 1.165) is 18.5 Å². The highest BCUT2D eigenvalue weighted by Gasteiger charge is 2.28. The molecule has 1 amide bonds. The second-order valence-electron chi connectivity index (χ2n) is 5.34. The van der Waals surface area contributed by atoms with Crippen LogP contribution in [0.25, 0.3) is 0 Å². The Balaban J connectivity index is 0.00000312. The Kier molecular flexibility index (Phi) is 8.03. The standard InChI is InChI=1S/C16H21N5O3.ClH/c1-3-6-13-15(21(23)24)14(20-19-13)16(22)18-12-8-5-7-11(9-12)10-17-4-2;/h5,7-9,17H,3-4,6,10H2,1-2H3,(H,18,22)(H,19,20);1H. The number of nitrogens with zero attached hydrogens (tertiary/aromatic N) is 2. The van der Waals surface area contributed by atoms with Gasteiger partial charge in [-0.3, -0.25) is 20.0 Å². The van der Waals surface area contributed by atoms with Gasteiger partial charge in [0.15, 0.2) is 0 Å². The molecule has 1 heterocycles. The van der Waals surface area contributed by atoms with Crippen molar-refractivity contribution in [2.45, 2.75) is 33.2 Å². The van der Waals surface area contributed by atoms with Gasteiger partial charge in [0, 0.05) is 12.2 Å². The van der Waals surface area contributed by atoms with E-state index < -0.39 is 10.8 Å². The van der Waals surface area contributed by atoms with Crippen molar-refractivity contribution in [3.63, 3.8) is 0 Å². The van der Waals surface area contributed by atoms with Crippen molar-refractivity contribution in [3.8, 4) is 0 Å². The van der Waals surface area contributed by atoms with E-state index in [1.807, 2.05) is 32.0 Å². The molecule has 0 bridgehead atoms. The number of aryl methyl sites for hydroxylation is 1. The van der Waals surface area contributed by atoms with Gasteiger partial charge in [0.2, 0.25) is 5.69 Å². The zero-order chi connectivity index (χ0) is 17.5. The number of hydrogen-bond donors (Lipinski definition) is 3. The summed E-state index contributed by atoms with van der Waals surface area (Å²) in [6, 6.07) is 7.32. The number of nitrogens with one attached hydrogen (secondary N) is 3. The van der Waals surface area contributed by atoms with E-state index in [1.54, 1.807) is 6.07 Å². The summed E-state index contributed by atoms with van der Waals surface area (Å²) in [6.45, 7) is 5.44. The Bertz CT molecular complexity index is 732. The Morgan fingerprint density at radius 3 is 2.76 bits per heavy atom. The van der Waals surface area contributed by atoms with Gasteiger partial charge in [-0.25, -0.2) is 0 Å². The van der Waals surface area contributed by atoms with Crippen LogP contribution in [0.4, 0.5) is 11.4 Å². The van der Waals surface area contributed by atoms with Crippen molar-refractivity contribution >= 4 is 29.7 Å². The van der Waals surface area contributed by atoms with Gasteiger partial charge in [0.1, 0.15) is 5.69 Å². The number of halogens is 1. The van der Waals surface area contributed by atoms with E-state index in [-0.39, 0.29) is 23.8 Å². The largest absolute Gasteiger partial charge is 0.322 e. The molecule has 3 N–H and O–H groups in total. The number of carbonyl (C=O) groups is 1. The minimum atomic E-state index is -0.596. The van der Waals surface area contributed by atoms with E-state index in [2.05, 4.69) is 20.8 Å². The molecule has 0 aliphatic carbocycles. The fraction of sp³-hybridized carbons (Fsp3) is 0.375.